The third kappa shape index (κ3) is 5.35. The number of carbonyl (C=O) groups is 2. The number of hydrogen-bond acceptors (Lipinski definition) is 6. The highest BCUT2D eigenvalue weighted by Crippen LogP contribution is 2.31. The van der Waals surface area contributed by atoms with Crippen LogP contribution in [0.15, 0.2) is 77.4 Å². The molecule has 1 fully saturated rings. The van der Waals surface area contributed by atoms with Crippen LogP contribution in [0.2, 0.25) is 0 Å². The van der Waals surface area contributed by atoms with Gasteiger partial charge in [0.2, 0.25) is 5.82 Å². The molecule has 4 heterocycles. The number of halogens is 3. The maximum absolute atomic E-state index is 13.3. The molecule has 0 atom stereocenters. The summed E-state index contributed by atoms with van der Waals surface area (Å²) in [6.45, 7) is 3.13. The van der Waals surface area contributed by atoms with Crippen LogP contribution in [0.1, 0.15) is 56.8 Å². The van der Waals surface area contributed by atoms with Crippen molar-refractivity contribution < 1.29 is 27.3 Å². The Labute approximate surface area is 238 Å². The molecule has 5 aromatic rings. The second-order valence-electron chi connectivity index (χ2n) is 10.1. The van der Waals surface area contributed by atoms with Gasteiger partial charge in [0.25, 0.3) is 11.8 Å². The molecule has 0 unspecified atom stereocenters. The first-order chi connectivity index (χ1) is 20.2. The Balaban J connectivity index is 1.05. The van der Waals surface area contributed by atoms with Gasteiger partial charge in [0.1, 0.15) is 11.3 Å². The van der Waals surface area contributed by atoms with Crippen molar-refractivity contribution in [2.45, 2.75) is 31.9 Å². The van der Waals surface area contributed by atoms with Crippen LogP contribution in [-0.4, -0.2) is 49.3 Å². The van der Waals surface area contributed by atoms with Crippen molar-refractivity contribution in [2.75, 3.05) is 18.4 Å². The quantitative estimate of drug-likeness (QED) is 0.277. The molecule has 0 radical (unpaired) electrons. The summed E-state index contributed by atoms with van der Waals surface area (Å²) in [6.07, 6.45) is -1.22. The van der Waals surface area contributed by atoms with E-state index in [1.54, 1.807) is 0 Å². The lowest BCUT2D eigenvalue weighted by Gasteiger charge is -2.32. The zero-order valence-electron chi connectivity index (χ0n) is 22.4. The van der Waals surface area contributed by atoms with Crippen LogP contribution in [0.4, 0.5) is 18.9 Å². The van der Waals surface area contributed by atoms with Crippen molar-refractivity contribution in [1.29, 1.82) is 0 Å². The fraction of sp³-hybridized carbons (Fsp3) is 0.233. The monoisotopic (exact) mass is 574 g/mol. The molecule has 1 aliphatic rings. The molecule has 214 valence electrons. The predicted molar refractivity (Wildman–Crippen MR) is 147 cm³/mol. The Hall–Kier alpha value is -5.00. The van der Waals surface area contributed by atoms with Gasteiger partial charge in [-0.25, -0.2) is 4.98 Å². The number of alkyl halides is 3. The molecule has 1 aliphatic heterocycles. The van der Waals surface area contributed by atoms with Gasteiger partial charge in [-0.3, -0.25) is 14.0 Å². The van der Waals surface area contributed by atoms with Gasteiger partial charge in [-0.1, -0.05) is 35.5 Å². The van der Waals surface area contributed by atoms with Gasteiger partial charge in [-0.2, -0.15) is 18.2 Å². The first-order valence-corrected chi connectivity index (χ1v) is 13.3. The van der Waals surface area contributed by atoms with Crippen LogP contribution in [0.25, 0.3) is 17.0 Å². The maximum atomic E-state index is 13.3. The minimum absolute atomic E-state index is 0.0147. The van der Waals surface area contributed by atoms with Crippen molar-refractivity contribution in [3.05, 3.63) is 101 Å². The largest absolute Gasteiger partial charge is 0.471 e. The van der Waals surface area contributed by atoms with Crippen molar-refractivity contribution in [1.82, 2.24) is 24.4 Å². The van der Waals surface area contributed by atoms with Crippen molar-refractivity contribution in [3.8, 4) is 11.4 Å². The summed E-state index contributed by atoms with van der Waals surface area (Å²) >= 11 is 0. The lowest BCUT2D eigenvalue weighted by molar-refractivity contribution is -0.159. The van der Waals surface area contributed by atoms with Gasteiger partial charge in [0, 0.05) is 36.1 Å². The van der Waals surface area contributed by atoms with Crippen molar-refractivity contribution >= 4 is 23.1 Å². The average Bonchev–Trinajstić information content (AvgIpc) is 3.62. The summed E-state index contributed by atoms with van der Waals surface area (Å²) in [7, 11) is 0. The number of aromatic nitrogens is 4. The van der Waals surface area contributed by atoms with Gasteiger partial charge in [-0.05, 0) is 67.6 Å². The Morgan fingerprint density at radius 3 is 2.33 bits per heavy atom. The SMILES string of the molecule is Cc1nc2ccccn2c1C(=O)N1CCC(c2ccc(NC(=O)c3ccc(-c4noc(C(F)(F)F)n4)cc3)cc2)CC1. The summed E-state index contributed by atoms with van der Waals surface area (Å²) in [5, 5.41) is 6.18. The summed E-state index contributed by atoms with van der Waals surface area (Å²) in [5.74, 6) is -1.74. The van der Waals surface area contributed by atoms with Crippen LogP contribution in [0.3, 0.4) is 0 Å². The number of rotatable bonds is 5. The van der Waals surface area contributed by atoms with E-state index in [-0.39, 0.29) is 29.1 Å². The highest BCUT2D eigenvalue weighted by molar-refractivity contribution is 6.04. The molecule has 1 N–H and O–H groups in total. The molecule has 6 rings (SSSR count). The average molecular weight is 575 g/mol. The van der Waals surface area contributed by atoms with Crippen molar-refractivity contribution in [2.24, 2.45) is 0 Å². The van der Waals surface area contributed by atoms with Gasteiger partial charge < -0.3 is 14.7 Å². The van der Waals surface area contributed by atoms with E-state index in [9.17, 15) is 22.8 Å². The second-order valence-corrected chi connectivity index (χ2v) is 10.1. The van der Waals surface area contributed by atoms with Gasteiger partial charge in [0.05, 0.1) is 5.69 Å². The zero-order chi connectivity index (χ0) is 29.4. The van der Waals surface area contributed by atoms with Crippen molar-refractivity contribution in [3.63, 3.8) is 0 Å². The van der Waals surface area contributed by atoms with Gasteiger partial charge >= 0.3 is 12.1 Å². The molecule has 0 aliphatic carbocycles. The molecule has 12 heteroatoms. The highest BCUT2D eigenvalue weighted by Gasteiger charge is 2.38. The van der Waals surface area contributed by atoms with E-state index in [1.807, 2.05) is 64.9 Å². The van der Waals surface area contributed by atoms with Crippen LogP contribution < -0.4 is 5.32 Å². The molecule has 42 heavy (non-hydrogen) atoms. The number of piperidine rings is 1. The number of aryl methyl sites for hydroxylation is 1. The van der Waals surface area contributed by atoms with E-state index < -0.39 is 12.1 Å². The summed E-state index contributed by atoms with van der Waals surface area (Å²) in [4.78, 5) is 35.8. The second kappa shape index (κ2) is 10.8. The van der Waals surface area contributed by atoms with E-state index >= 15 is 0 Å². The zero-order valence-corrected chi connectivity index (χ0v) is 22.4. The molecule has 2 aromatic carbocycles. The minimum Gasteiger partial charge on any atom is -0.337 e. The summed E-state index contributed by atoms with van der Waals surface area (Å²) in [5.41, 5.74) is 4.42. The lowest BCUT2D eigenvalue weighted by atomic mass is 9.89. The lowest BCUT2D eigenvalue weighted by Crippen LogP contribution is -2.38. The summed E-state index contributed by atoms with van der Waals surface area (Å²) in [6, 6.07) is 19.2. The fourth-order valence-corrected chi connectivity index (χ4v) is 5.21. The van der Waals surface area contributed by atoms with E-state index in [0.717, 1.165) is 24.1 Å². The predicted octanol–water partition coefficient (Wildman–Crippen LogP) is 5.98. The fourth-order valence-electron chi connectivity index (χ4n) is 5.21. The highest BCUT2D eigenvalue weighted by atomic mass is 19.4. The third-order valence-corrected chi connectivity index (χ3v) is 7.40. The number of benzene rings is 2. The molecule has 9 nitrogen and oxygen atoms in total. The number of likely N-dealkylation sites (tertiary alicyclic amines) is 1. The minimum atomic E-state index is -4.73. The normalized spacial score (nSPS) is 14.3. The van der Waals surface area contributed by atoms with Gasteiger partial charge in [-0.15, -0.1) is 0 Å². The number of amides is 2. The Morgan fingerprint density at radius 2 is 1.67 bits per heavy atom. The molecule has 1 saturated heterocycles. The van der Waals surface area contributed by atoms with Crippen LogP contribution in [0.5, 0.6) is 0 Å². The number of nitrogens with one attached hydrogen (secondary N) is 1. The number of carbonyl (C=O) groups excluding carboxylic acids is 2. The molecular weight excluding hydrogens is 549 g/mol. The van der Waals surface area contributed by atoms with Crippen LogP contribution >= 0.6 is 0 Å². The number of fused-ring (bicyclic) bond motifs is 1. The van der Waals surface area contributed by atoms with Gasteiger partial charge in [0.15, 0.2) is 0 Å². The topological polar surface area (TPSA) is 106 Å². The number of imidazole rings is 1. The molecular formula is C30H25F3N6O3. The Bertz CT molecular complexity index is 1750. The summed E-state index contributed by atoms with van der Waals surface area (Å²) < 4.78 is 44.2. The van der Waals surface area contributed by atoms with E-state index in [1.165, 1.54) is 24.3 Å². The number of nitrogens with zero attached hydrogens (tertiary/aromatic N) is 5. The molecule has 2 amide bonds. The first kappa shape index (κ1) is 27.2. The molecule has 0 saturated carbocycles. The Kier molecular flexibility index (Phi) is 6.97. The van der Waals surface area contributed by atoms with E-state index in [2.05, 4.69) is 25.0 Å². The Morgan fingerprint density at radius 1 is 0.952 bits per heavy atom. The number of hydrogen-bond donors (Lipinski definition) is 1. The molecule has 0 bridgehead atoms. The smallest absolute Gasteiger partial charge is 0.337 e. The first-order valence-electron chi connectivity index (χ1n) is 13.3. The maximum Gasteiger partial charge on any atom is 0.471 e. The van der Waals surface area contributed by atoms with Crippen LogP contribution in [0, 0.1) is 6.92 Å². The number of pyridine rings is 1. The standard InChI is InChI=1S/C30H25F3N6O3/c1-18-25(39-15-3-2-4-24(39)34-18)28(41)38-16-13-20(14-17-38)19-9-11-23(12-10-19)35-27(40)22-7-5-21(6-8-22)26-36-29(42-37-26)30(31,32)33/h2-12,15,20H,13-14,16-17H2,1H3,(H,35,40). The van der Waals surface area contributed by atoms with E-state index in [4.69, 9.17) is 0 Å². The molecule has 0 spiro atoms. The number of anilines is 1. The molecule has 3 aromatic heterocycles. The van der Waals surface area contributed by atoms with E-state index in [0.29, 0.717) is 35.7 Å². The van der Waals surface area contributed by atoms with Crippen LogP contribution in [-0.2, 0) is 6.18 Å². The third-order valence-electron chi connectivity index (χ3n) is 7.40.